The second-order valence-corrected chi connectivity index (χ2v) is 4.39. The van der Waals surface area contributed by atoms with E-state index in [1.807, 2.05) is 13.8 Å². The molecule has 1 rings (SSSR count). The first-order chi connectivity index (χ1) is 7.97. The number of carbonyl (C=O) groups is 2. The van der Waals surface area contributed by atoms with Crippen molar-refractivity contribution in [2.24, 2.45) is 5.73 Å². The Morgan fingerprint density at radius 2 is 2.18 bits per heavy atom. The molecule has 0 unspecified atom stereocenters. The van der Waals surface area contributed by atoms with E-state index < -0.39 is 5.91 Å². The fourth-order valence-corrected chi connectivity index (χ4v) is 1.82. The highest BCUT2D eigenvalue weighted by molar-refractivity contribution is 6.33. The molecule has 0 spiro atoms. The van der Waals surface area contributed by atoms with Crippen LogP contribution in [0.5, 0.6) is 0 Å². The third-order valence-electron chi connectivity index (χ3n) is 2.41. The van der Waals surface area contributed by atoms with Gasteiger partial charge in [-0.15, -0.1) is 0 Å². The van der Waals surface area contributed by atoms with Crippen molar-refractivity contribution >= 4 is 29.5 Å². The van der Waals surface area contributed by atoms with Crippen molar-refractivity contribution in [1.82, 2.24) is 0 Å². The monoisotopic (exact) mass is 254 g/mol. The van der Waals surface area contributed by atoms with Crippen LogP contribution in [0.4, 0.5) is 5.69 Å². The van der Waals surface area contributed by atoms with E-state index in [2.05, 4.69) is 0 Å². The van der Waals surface area contributed by atoms with E-state index in [-0.39, 0.29) is 12.6 Å². The van der Waals surface area contributed by atoms with Crippen LogP contribution in [-0.4, -0.2) is 24.8 Å². The normalized spacial score (nSPS) is 10.4. The molecule has 0 atom stereocenters. The van der Waals surface area contributed by atoms with Crippen LogP contribution in [0.25, 0.3) is 0 Å². The summed E-state index contributed by atoms with van der Waals surface area (Å²) in [6, 6.07) is 5.16. The van der Waals surface area contributed by atoms with Gasteiger partial charge in [0.15, 0.2) is 6.29 Å². The van der Waals surface area contributed by atoms with Gasteiger partial charge in [-0.2, -0.15) is 0 Å². The lowest BCUT2D eigenvalue weighted by Gasteiger charge is -2.29. The molecule has 0 saturated heterocycles. The molecule has 0 aromatic heterocycles. The summed E-state index contributed by atoms with van der Waals surface area (Å²) in [7, 11) is 0. The van der Waals surface area contributed by atoms with Crippen molar-refractivity contribution < 1.29 is 9.59 Å². The van der Waals surface area contributed by atoms with E-state index in [0.29, 0.717) is 22.6 Å². The summed E-state index contributed by atoms with van der Waals surface area (Å²) in [6.07, 6.45) is 0.689. The number of primary amides is 1. The van der Waals surface area contributed by atoms with Gasteiger partial charge < -0.3 is 10.6 Å². The van der Waals surface area contributed by atoms with Crippen LogP contribution in [0.2, 0.25) is 5.02 Å². The van der Waals surface area contributed by atoms with Gasteiger partial charge in [0.1, 0.15) is 0 Å². The van der Waals surface area contributed by atoms with Gasteiger partial charge in [0, 0.05) is 11.7 Å². The number of hydrogen-bond donors (Lipinski definition) is 1. The van der Waals surface area contributed by atoms with Gasteiger partial charge in [-0.3, -0.25) is 9.59 Å². The average Bonchev–Trinajstić information content (AvgIpc) is 2.25. The summed E-state index contributed by atoms with van der Waals surface area (Å²) in [5.41, 5.74) is 6.20. The Morgan fingerprint density at radius 3 is 2.65 bits per heavy atom. The SMILES string of the molecule is CC(C)N(CC(N)=O)c1cccc(Cl)c1C=O. The third-order valence-corrected chi connectivity index (χ3v) is 2.74. The maximum absolute atomic E-state index is 11.0. The minimum Gasteiger partial charge on any atom is -0.368 e. The minimum atomic E-state index is -0.449. The molecule has 0 radical (unpaired) electrons. The average molecular weight is 255 g/mol. The number of hydrogen-bond acceptors (Lipinski definition) is 3. The van der Waals surface area contributed by atoms with Crippen molar-refractivity contribution in [2.75, 3.05) is 11.4 Å². The number of aldehydes is 1. The molecule has 1 aromatic rings. The Hall–Kier alpha value is -1.55. The van der Waals surface area contributed by atoms with Gasteiger partial charge in [0.2, 0.25) is 5.91 Å². The molecule has 0 heterocycles. The largest absolute Gasteiger partial charge is 0.368 e. The number of nitrogens with zero attached hydrogens (tertiary/aromatic N) is 1. The molecule has 0 bridgehead atoms. The van der Waals surface area contributed by atoms with E-state index in [0.717, 1.165) is 0 Å². The summed E-state index contributed by atoms with van der Waals surface area (Å²) < 4.78 is 0. The Balaban J connectivity index is 3.22. The summed E-state index contributed by atoms with van der Waals surface area (Å²) in [4.78, 5) is 23.8. The summed E-state index contributed by atoms with van der Waals surface area (Å²) in [6.45, 7) is 3.88. The Bertz CT molecular complexity index is 433. The van der Waals surface area contributed by atoms with Crippen molar-refractivity contribution in [3.63, 3.8) is 0 Å². The molecule has 17 heavy (non-hydrogen) atoms. The molecule has 4 nitrogen and oxygen atoms in total. The van der Waals surface area contributed by atoms with Crippen LogP contribution in [0.3, 0.4) is 0 Å². The topological polar surface area (TPSA) is 63.4 Å². The first kappa shape index (κ1) is 13.5. The highest BCUT2D eigenvalue weighted by atomic mass is 35.5. The molecule has 0 fully saturated rings. The predicted molar refractivity (Wildman–Crippen MR) is 68.5 cm³/mol. The number of amides is 1. The van der Waals surface area contributed by atoms with Gasteiger partial charge in [-0.05, 0) is 26.0 Å². The quantitative estimate of drug-likeness (QED) is 0.816. The van der Waals surface area contributed by atoms with Gasteiger partial charge in [0.25, 0.3) is 0 Å². The van der Waals surface area contributed by atoms with Crippen LogP contribution in [0.1, 0.15) is 24.2 Å². The van der Waals surface area contributed by atoms with Crippen molar-refractivity contribution in [2.45, 2.75) is 19.9 Å². The number of nitrogens with two attached hydrogens (primary N) is 1. The first-order valence-electron chi connectivity index (χ1n) is 5.26. The van der Waals surface area contributed by atoms with E-state index in [4.69, 9.17) is 17.3 Å². The standard InChI is InChI=1S/C12H15ClN2O2/c1-8(2)15(6-12(14)17)11-5-3-4-10(13)9(11)7-16/h3-5,7-8H,6H2,1-2H3,(H2,14,17). The van der Waals surface area contributed by atoms with E-state index in [1.54, 1.807) is 23.1 Å². The van der Waals surface area contributed by atoms with Gasteiger partial charge >= 0.3 is 0 Å². The van der Waals surface area contributed by atoms with Crippen LogP contribution in [0.15, 0.2) is 18.2 Å². The maximum Gasteiger partial charge on any atom is 0.236 e. The molecular formula is C12H15ClN2O2. The lowest BCUT2D eigenvalue weighted by molar-refractivity contribution is -0.116. The number of rotatable bonds is 5. The molecule has 1 amide bonds. The number of halogens is 1. The Kier molecular flexibility index (Phi) is 4.52. The van der Waals surface area contributed by atoms with Crippen molar-refractivity contribution in [3.05, 3.63) is 28.8 Å². The molecule has 1 aromatic carbocycles. The second-order valence-electron chi connectivity index (χ2n) is 3.98. The van der Waals surface area contributed by atoms with Crippen molar-refractivity contribution in [3.8, 4) is 0 Å². The van der Waals surface area contributed by atoms with Gasteiger partial charge in [0.05, 0.1) is 17.1 Å². The number of benzene rings is 1. The fraction of sp³-hybridized carbons (Fsp3) is 0.333. The van der Waals surface area contributed by atoms with E-state index >= 15 is 0 Å². The lowest BCUT2D eigenvalue weighted by Crippen LogP contribution is -2.39. The van der Waals surface area contributed by atoms with E-state index in [1.165, 1.54) is 0 Å². The van der Waals surface area contributed by atoms with Crippen LogP contribution >= 0.6 is 11.6 Å². The third kappa shape index (κ3) is 3.20. The predicted octanol–water partition coefficient (Wildman–Crippen LogP) is 1.85. The fourth-order valence-electron chi connectivity index (χ4n) is 1.61. The highest BCUT2D eigenvalue weighted by Crippen LogP contribution is 2.27. The molecule has 0 saturated carbocycles. The van der Waals surface area contributed by atoms with E-state index in [9.17, 15) is 9.59 Å². The number of carbonyl (C=O) groups excluding carboxylic acids is 2. The first-order valence-corrected chi connectivity index (χ1v) is 5.63. The molecule has 0 aliphatic carbocycles. The van der Waals surface area contributed by atoms with Gasteiger partial charge in [-0.1, -0.05) is 17.7 Å². The summed E-state index contributed by atoms with van der Waals surface area (Å²) >= 11 is 5.94. The molecule has 92 valence electrons. The highest BCUT2D eigenvalue weighted by Gasteiger charge is 2.17. The molecule has 0 aliphatic heterocycles. The smallest absolute Gasteiger partial charge is 0.236 e. The lowest BCUT2D eigenvalue weighted by atomic mass is 10.1. The van der Waals surface area contributed by atoms with Crippen LogP contribution < -0.4 is 10.6 Å². The van der Waals surface area contributed by atoms with Crippen molar-refractivity contribution in [1.29, 1.82) is 0 Å². The summed E-state index contributed by atoms with van der Waals surface area (Å²) in [5.74, 6) is -0.449. The van der Waals surface area contributed by atoms with Crippen LogP contribution in [0, 0.1) is 0 Å². The summed E-state index contributed by atoms with van der Waals surface area (Å²) in [5, 5.41) is 0.368. The molecular weight excluding hydrogens is 240 g/mol. The Morgan fingerprint density at radius 1 is 1.53 bits per heavy atom. The minimum absolute atomic E-state index is 0.0414. The van der Waals surface area contributed by atoms with Gasteiger partial charge in [-0.25, -0.2) is 0 Å². The molecule has 0 aliphatic rings. The number of anilines is 1. The Labute approximate surface area is 105 Å². The zero-order chi connectivity index (χ0) is 13.0. The van der Waals surface area contributed by atoms with Crippen LogP contribution in [-0.2, 0) is 4.79 Å². The zero-order valence-corrected chi connectivity index (χ0v) is 10.6. The molecule has 2 N–H and O–H groups in total. The molecule has 5 heteroatoms. The zero-order valence-electron chi connectivity index (χ0n) is 9.81. The second kappa shape index (κ2) is 5.68. The maximum atomic E-state index is 11.0.